The highest BCUT2D eigenvalue weighted by Crippen LogP contribution is 2.30. The number of halogens is 1. The highest BCUT2D eigenvalue weighted by molar-refractivity contribution is 6.33. The van der Waals surface area contributed by atoms with Crippen molar-refractivity contribution in [2.24, 2.45) is 5.73 Å². The van der Waals surface area contributed by atoms with Crippen molar-refractivity contribution in [2.45, 2.75) is 13.0 Å². The number of amides is 1. The fourth-order valence-corrected chi connectivity index (χ4v) is 2.67. The lowest BCUT2D eigenvalue weighted by Crippen LogP contribution is -2.30. The lowest BCUT2D eigenvalue weighted by atomic mass is 10.0. The first-order valence-corrected chi connectivity index (χ1v) is 8.00. The average Bonchev–Trinajstić information content (AvgIpc) is 2.61. The molecule has 0 saturated carbocycles. The van der Waals surface area contributed by atoms with E-state index in [0.717, 1.165) is 0 Å². The number of aromatic nitrogens is 1. The number of nitrogens with zero attached hydrogens (tertiary/aromatic N) is 1. The number of para-hydroxylation sites is 1. The lowest BCUT2D eigenvalue weighted by Gasteiger charge is -2.13. The van der Waals surface area contributed by atoms with Gasteiger partial charge in [0.2, 0.25) is 0 Å². The van der Waals surface area contributed by atoms with Gasteiger partial charge in [0.25, 0.3) is 5.91 Å². The summed E-state index contributed by atoms with van der Waals surface area (Å²) >= 11 is 6.25. The highest BCUT2D eigenvalue weighted by atomic mass is 35.5. The molecule has 6 heteroatoms. The molecule has 0 radical (unpaired) electrons. The first kappa shape index (κ1) is 16.9. The van der Waals surface area contributed by atoms with Crippen LogP contribution in [-0.2, 0) is 9.53 Å². The van der Waals surface area contributed by atoms with E-state index in [-0.39, 0.29) is 0 Å². The molecule has 0 aliphatic heterocycles. The Labute approximate surface area is 149 Å². The largest absolute Gasteiger partial charge is 0.449 e. The van der Waals surface area contributed by atoms with E-state index in [0.29, 0.717) is 32.7 Å². The van der Waals surface area contributed by atoms with Crippen molar-refractivity contribution in [3.63, 3.8) is 0 Å². The fraction of sp³-hybridized carbons (Fsp3) is 0.105. The van der Waals surface area contributed by atoms with Gasteiger partial charge in [-0.25, -0.2) is 9.78 Å². The SMILES string of the molecule is C[C@@H](OC(=O)c1cc(-c2ccccc2Cl)nc2ccccc12)C(N)=O. The third kappa shape index (κ3) is 3.46. The van der Waals surface area contributed by atoms with E-state index in [1.54, 1.807) is 30.3 Å². The monoisotopic (exact) mass is 354 g/mol. The van der Waals surface area contributed by atoms with Gasteiger partial charge in [-0.1, -0.05) is 48.0 Å². The van der Waals surface area contributed by atoms with Crippen molar-refractivity contribution in [2.75, 3.05) is 0 Å². The maximum atomic E-state index is 12.6. The molecule has 5 nitrogen and oxygen atoms in total. The summed E-state index contributed by atoms with van der Waals surface area (Å²) in [7, 11) is 0. The van der Waals surface area contributed by atoms with Crippen LogP contribution >= 0.6 is 11.6 Å². The van der Waals surface area contributed by atoms with Crippen LogP contribution in [0.25, 0.3) is 22.2 Å². The van der Waals surface area contributed by atoms with Crippen LogP contribution in [0.15, 0.2) is 54.6 Å². The first-order valence-electron chi connectivity index (χ1n) is 7.62. The molecule has 1 amide bonds. The Morgan fingerprint density at radius 2 is 1.80 bits per heavy atom. The number of rotatable bonds is 4. The Hall–Kier alpha value is -2.92. The molecule has 0 unspecified atom stereocenters. The first-order chi connectivity index (χ1) is 12.0. The van der Waals surface area contributed by atoms with E-state index in [1.165, 1.54) is 6.92 Å². The van der Waals surface area contributed by atoms with Crippen LogP contribution in [0, 0.1) is 0 Å². The molecule has 2 N–H and O–H groups in total. The van der Waals surface area contributed by atoms with E-state index in [1.807, 2.05) is 24.3 Å². The molecular weight excluding hydrogens is 340 g/mol. The number of ether oxygens (including phenoxy) is 1. The molecular formula is C19H15ClN2O3. The zero-order valence-corrected chi connectivity index (χ0v) is 14.2. The van der Waals surface area contributed by atoms with Gasteiger partial charge in [-0.3, -0.25) is 4.79 Å². The Morgan fingerprint density at radius 3 is 2.52 bits per heavy atom. The number of esters is 1. The van der Waals surface area contributed by atoms with E-state index in [4.69, 9.17) is 22.1 Å². The Kier molecular flexibility index (Phi) is 4.67. The number of carbonyl (C=O) groups is 2. The Morgan fingerprint density at radius 1 is 1.12 bits per heavy atom. The second-order valence-corrected chi connectivity index (χ2v) is 5.91. The Bertz CT molecular complexity index is 972. The average molecular weight is 355 g/mol. The summed E-state index contributed by atoms with van der Waals surface area (Å²) in [4.78, 5) is 28.3. The third-order valence-corrected chi connectivity index (χ3v) is 4.10. The van der Waals surface area contributed by atoms with Crippen molar-refractivity contribution in [1.29, 1.82) is 0 Å². The molecule has 1 atom stereocenters. The van der Waals surface area contributed by atoms with Gasteiger partial charge >= 0.3 is 5.97 Å². The molecule has 25 heavy (non-hydrogen) atoms. The topological polar surface area (TPSA) is 82.3 Å². The smallest absolute Gasteiger partial charge is 0.339 e. The van der Waals surface area contributed by atoms with Crippen LogP contribution in [0.3, 0.4) is 0 Å². The molecule has 126 valence electrons. The summed E-state index contributed by atoms with van der Waals surface area (Å²) in [6.45, 7) is 1.43. The molecule has 3 aromatic rings. The summed E-state index contributed by atoms with van der Waals surface area (Å²) in [5.41, 5.74) is 7.34. The van der Waals surface area contributed by atoms with Crippen LogP contribution in [0.1, 0.15) is 17.3 Å². The minimum absolute atomic E-state index is 0.300. The maximum Gasteiger partial charge on any atom is 0.339 e. The number of carbonyl (C=O) groups excluding carboxylic acids is 2. The molecule has 0 aliphatic carbocycles. The number of hydrogen-bond donors (Lipinski definition) is 1. The molecule has 1 aromatic heterocycles. The van der Waals surface area contributed by atoms with Crippen molar-refractivity contribution < 1.29 is 14.3 Å². The zero-order valence-electron chi connectivity index (χ0n) is 13.4. The summed E-state index contributed by atoms with van der Waals surface area (Å²) < 4.78 is 5.15. The van der Waals surface area contributed by atoms with Crippen molar-refractivity contribution in [3.05, 3.63) is 65.2 Å². The molecule has 1 heterocycles. The van der Waals surface area contributed by atoms with Crippen LogP contribution in [0.5, 0.6) is 0 Å². The molecule has 0 aliphatic rings. The van der Waals surface area contributed by atoms with E-state index in [9.17, 15) is 9.59 Å². The minimum Gasteiger partial charge on any atom is -0.449 e. The number of hydrogen-bond acceptors (Lipinski definition) is 4. The summed E-state index contributed by atoms with van der Waals surface area (Å²) in [6.07, 6.45) is -1.02. The van der Waals surface area contributed by atoms with Crippen molar-refractivity contribution in [1.82, 2.24) is 4.98 Å². The fourth-order valence-electron chi connectivity index (χ4n) is 2.43. The van der Waals surface area contributed by atoms with Gasteiger partial charge in [-0.05, 0) is 25.1 Å². The second-order valence-electron chi connectivity index (χ2n) is 5.50. The number of primary amides is 1. The predicted molar refractivity (Wildman–Crippen MR) is 96.3 cm³/mol. The van der Waals surface area contributed by atoms with Gasteiger partial charge in [0, 0.05) is 16.0 Å². The normalized spacial score (nSPS) is 11.9. The maximum absolute atomic E-state index is 12.6. The van der Waals surface area contributed by atoms with Crippen LogP contribution in [0.4, 0.5) is 0 Å². The second kappa shape index (κ2) is 6.91. The van der Waals surface area contributed by atoms with Gasteiger partial charge < -0.3 is 10.5 Å². The summed E-state index contributed by atoms with van der Waals surface area (Å²) in [6, 6.07) is 16.0. The van der Waals surface area contributed by atoms with Gasteiger partial charge in [-0.2, -0.15) is 0 Å². The van der Waals surface area contributed by atoms with E-state index >= 15 is 0 Å². The van der Waals surface area contributed by atoms with E-state index in [2.05, 4.69) is 4.98 Å². The zero-order chi connectivity index (χ0) is 18.0. The minimum atomic E-state index is -1.02. The summed E-state index contributed by atoms with van der Waals surface area (Å²) in [5.74, 6) is -1.35. The third-order valence-electron chi connectivity index (χ3n) is 3.77. The molecule has 3 rings (SSSR count). The van der Waals surface area contributed by atoms with Crippen molar-refractivity contribution in [3.8, 4) is 11.3 Å². The lowest BCUT2D eigenvalue weighted by molar-refractivity contribution is -0.125. The molecule has 0 saturated heterocycles. The number of pyridine rings is 1. The highest BCUT2D eigenvalue weighted by Gasteiger charge is 2.20. The molecule has 2 aromatic carbocycles. The van der Waals surface area contributed by atoms with E-state index < -0.39 is 18.0 Å². The number of fused-ring (bicyclic) bond motifs is 1. The molecule has 0 spiro atoms. The summed E-state index contributed by atoms with van der Waals surface area (Å²) in [5, 5.41) is 1.15. The predicted octanol–water partition coefficient (Wildman–Crippen LogP) is 3.59. The standard InChI is InChI=1S/C19H15ClN2O3/c1-11(18(21)23)25-19(24)14-10-17(13-7-2-4-8-15(13)20)22-16-9-5-3-6-12(14)16/h2-11H,1H3,(H2,21,23)/t11-/m1/s1. The van der Waals surface area contributed by atoms with Crippen LogP contribution < -0.4 is 5.73 Å². The number of nitrogens with two attached hydrogens (primary N) is 1. The van der Waals surface area contributed by atoms with Crippen LogP contribution in [-0.4, -0.2) is 23.0 Å². The quantitative estimate of drug-likeness (QED) is 0.726. The van der Waals surface area contributed by atoms with Crippen molar-refractivity contribution >= 4 is 34.4 Å². The molecule has 0 fully saturated rings. The molecule has 0 bridgehead atoms. The number of benzene rings is 2. The van der Waals surface area contributed by atoms with Gasteiger partial charge in [-0.15, -0.1) is 0 Å². The van der Waals surface area contributed by atoms with Gasteiger partial charge in [0.05, 0.1) is 16.8 Å². The Balaban J connectivity index is 2.15. The van der Waals surface area contributed by atoms with Gasteiger partial charge in [0.15, 0.2) is 6.10 Å². The van der Waals surface area contributed by atoms with Crippen LogP contribution in [0.2, 0.25) is 5.02 Å². The van der Waals surface area contributed by atoms with Gasteiger partial charge in [0.1, 0.15) is 0 Å².